The predicted octanol–water partition coefficient (Wildman–Crippen LogP) is 4.83. The molecule has 0 saturated carbocycles. The van der Waals surface area contributed by atoms with Crippen molar-refractivity contribution in [3.8, 4) is 28.5 Å². The van der Waals surface area contributed by atoms with Gasteiger partial charge in [0.2, 0.25) is 5.13 Å². The Bertz CT molecular complexity index is 1140. The summed E-state index contributed by atoms with van der Waals surface area (Å²) in [4.78, 5) is 8.77. The van der Waals surface area contributed by atoms with E-state index in [0.717, 1.165) is 10.8 Å². The van der Waals surface area contributed by atoms with Crippen LogP contribution in [0.2, 0.25) is 0 Å². The number of aromatic nitrogens is 1. The van der Waals surface area contributed by atoms with Crippen molar-refractivity contribution < 1.29 is 15.3 Å². The minimum absolute atomic E-state index is 0.00819. The van der Waals surface area contributed by atoms with Crippen molar-refractivity contribution in [3.05, 3.63) is 65.5 Å². The first-order valence-electron chi connectivity index (χ1n) is 7.84. The van der Waals surface area contributed by atoms with Gasteiger partial charge in [-0.3, -0.25) is 0 Å². The first kappa shape index (κ1) is 16.1. The van der Waals surface area contributed by atoms with Gasteiger partial charge < -0.3 is 15.3 Å². The highest BCUT2D eigenvalue weighted by atomic mass is 32.1. The van der Waals surface area contributed by atoms with Crippen LogP contribution in [0.4, 0.5) is 5.13 Å². The van der Waals surface area contributed by atoms with Gasteiger partial charge in [0.1, 0.15) is 17.2 Å². The highest BCUT2D eigenvalue weighted by Crippen LogP contribution is 2.34. The minimum atomic E-state index is -0.0440. The highest BCUT2D eigenvalue weighted by molar-refractivity contribution is 7.13. The number of nitrogens with zero attached hydrogens (tertiary/aromatic N) is 2. The van der Waals surface area contributed by atoms with Crippen LogP contribution < -0.4 is 0 Å². The summed E-state index contributed by atoms with van der Waals surface area (Å²) in [5.74, 6) is 0.101. The quantitative estimate of drug-likeness (QED) is 0.456. The largest absolute Gasteiger partial charge is 0.508 e. The molecule has 0 aliphatic rings. The second-order valence-electron chi connectivity index (χ2n) is 5.69. The number of aromatic hydroxyl groups is 3. The average Bonchev–Trinajstić information content (AvgIpc) is 3.09. The van der Waals surface area contributed by atoms with Gasteiger partial charge in [-0.05, 0) is 29.0 Å². The SMILES string of the molecule is Oc1ccc(-c2csc(/N=C/c3c(O)ccc4ccccc34)n2)c(O)c1. The molecule has 0 unspecified atom stereocenters. The van der Waals surface area contributed by atoms with Gasteiger partial charge >= 0.3 is 0 Å². The number of aliphatic imine (C=N–C) groups is 1. The minimum Gasteiger partial charge on any atom is -0.508 e. The van der Waals surface area contributed by atoms with Crippen molar-refractivity contribution in [1.82, 2.24) is 4.98 Å². The first-order chi connectivity index (χ1) is 12.6. The molecule has 4 rings (SSSR count). The van der Waals surface area contributed by atoms with Crippen LogP contribution in [0.1, 0.15) is 5.56 Å². The Labute approximate surface area is 153 Å². The van der Waals surface area contributed by atoms with Gasteiger partial charge in [0.05, 0.1) is 5.69 Å². The van der Waals surface area contributed by atoms with Gasteiger partial charge in [-0.15, -0.1) is 11.3 Å². The number of rotatable bonds is 3. The van der Waals surface area contributed by atoms with Crippen LogP contribution in [-0.4, -0.2) is 26.5 Å². The third-order valence-corrected chi connectivity index (χ3v) is 4.75. The molecule has 5 nitrogen and oxygen atoms in total. The predicted molar refractivity (Wildman–Crippen MR) is 104 cm³/mol. The third-order valence-electron chi connectivity index (χ3n) is 4.00. The summed E-state index contributed by atoms with van der Waals surface area (Å²) in [6.45, 7) is 0. The summed E-state index contributed by atoms with van der Waals surface area (Å²) >= 11 is 1.32. The van der Waals surface area contributed by atoms with E-state index in [-0.39, 0.29) is 17.2 Å². The topological polar surface area (TPSA) is 85.9 Å². The van der Waals surface area contributed by atoms with Crippen LogP contribution in [0.25, 0.3) is 22.0 Å². The maximum Gasteiger partial charge on any atom is 0.209 e. The van der Waals surface area contributed by atoms with E-state index in [4.69, 9.17) is 0 Å². The lowest BCUT2D eigenvalue weighted by atomic mass is 10.0. The van der Waals surface area contributed by atoms with E-state index in [1.807, 2.05) is 30.3 Å². The maximum atomic E-state index is 10.2. The lowest BCUT2D eigenvalue weighted by Gasteiger charge is -2.04. The number of fused-ring (bicyclic) bond motifs is 1. The zero-order valence-corrected chi connectivity index (χ0v) is 14.3. The normalized spacial score (nSPS) is 11.4. The molecule has 6 heteroatoms. The summed E-state index contributed by atoms with van der Waals surface area (Å²) in [6.07, 6.45) is 1.59. The second kappa shape index (κ2) is 6.50. The number of hydrogen-bond donors (Lipinski definition) is 3. The van der Waals surface area contributed by atoms with Gasteiger partial charge in [-0.25, -0.2) is 9.98 Å². The molecule has 26 heavy (non-hydrogen) atoms. The number of benzene rings is 3. The van der Waals surface area contributed by atoms with Crippen LogP contribution in [0.15, 0.2) is 65.0 Å². The van der Waals surface area contributed by atoms with Gasteiger partial charge in [-0.1, -0.05) is 30.3 Å². The molecule has 1 aromatic heterocycles. The van der Waals surface area contributed by atoms with Gasteiger partial charge in [-0.2, -0.15) is 0 Å². The average molecular weight is 362 g/mol. The second-order valence-corrected chi connectivity index (χ2v) is 6.53. The molecule has 0 atom stereocenters. The standard InChI is InChI=1S/C20H14N2O3S/c23-13-6-7-15(19(25)9-13)17-11-26-20(22-17)21-10-16-14-4-2-1-3-12(14)5-8-18(16)24/h1-11,23-25H/b21-10+. The summed E-state index contributed by atoms with van der Waals surface area (Å²) < 4.78 is 0. The Balaban J connectivity index is 1.69. The smallest absolute Gasteiger partial charge is 0.209 e. The van der Waals surface area contributed by atoms with E-state index in [1.54, 1.807) is 23.7 Å². The molecule has 3 aromatic carbocycles. The van der Waals surface area contributed by atoms with Crippen molar-refractivity contribution in [2.75, 3.05) is 0 Å². The van der Waals surface area contributed by atoms with Crippen LogP contribution >= 0.6 is 11.3 Å². The molecule has 0 spiro atoms. The molecule has 0 saturated heterocycles. The summed E-state index contributed by atoms with van der Waals surface area (Å²) in [6, 6.07) is 15.6. The Kier molecular flexibility index (Phi) is 4.02. The summed E-state index contributed by atoms with van der Waals surface area (Å²) in [5, 5.41) is 33.7. The maximum absolute atomic E-state index is 10.2. The van der Waals surface area contributed by atoms with Crippen LogP contribution in [-0.2, 0) is 0 Å². The van der Waals surface area contributed by atoms with E-state index in [9.17, 15) is 15.3 Å². The van der Waals surface area contributed by atoms with E-state index >= 15 is 0 Å². The molecule has 0 radical (unpaired) electrons. The fraction of sp³-hybridized carbons (Fsp3) is 0. The molecule has 3 N–H and O–H groups in total. The zero-order chi connectivity index (χ0) is 18.1. The Morgan fingerprint density at radius 1 is 0.923 bits per heavy atom. The van der Waals surface area contributed by atoms with Gasteiger partial charge in [0.25, 0.3) is 0 Å². The van der Waals surface area contributed by atoms with Crippen LogP contribution in [0.3, 0.4) is 0 Å². The number of phenolic OH excluding ortho intramolecular Hbond substituents is 3. The number of thiazole rings is 1. The van der Waals surface area contributed by atoms with Crippen LogP contribution in [0.5, 0.6) is 17.2 Å². The molecule has 0 fully saturated rings. The van der Waals surface area contributed by atoms with Crippen molar-refractivity contribution in [3.63, 3.8) is 0 Å². The monoisotopic (exact) mass is 362 g/mol. The van der Waals surface area contributed by atoms with E-state index in [2.05, 4.69) is 9.98 Å². The van der Waals surface area contributed by atoms with Crippen molar-refractivity contribution >= 4 is 33.5 Å². The lowest BCUT2D eigenvalue weighted by Crippen LogP contribution is -1.85. The molecule has 0 aliphatic carbocycles. The van der Waals surface area contributed by atoms with E-state index in [1.165, 1.54) is 23.5 Å². The lowest BCUT2D eigenvalue weighted by molar-refractivity contribution is 0.452. The Hall–Kier alpha value is -3.38. The van der Waals surface area contributed by atoms with Crippen molar-refractivity contribution in [1.29, 1.82) is 0 Å². The van der Waals surface area contributed by atoms with Gasteiger partial charge in [0.15, 0.2) is 0 Å². The van der Waals surface area contributed by atoms with E-state index in [0.29, 0.717) is 22.0 Å². The zero-order valence-electron chi connectivity index (χ0n) is 13.5. The molecule has 0 aliphatic heterocycles. The molecule has 1 heterocycles. The molecule has 0 bridgehead atoms. The molecule has 128 valence electrons. The fourth-order valence-electron chi connectivity index (χ4n) is 2.72. The van der Waals surface area contributed by atoms with Gasteiger partial charge in [0, 0.05) is 28.8 Å². The number of phenols is 3. The number of hydrogen-bond acceptors (Lipinski definition) is 6. The first-order valence-corrected chi connectivity index (χ1v) is 8.72. The molecule has 4 aromatic rings. The van der Waals surface area contributed by atoms with Crippen LogP contribution in [0, 0.1) is 0 Å². The summed E-state index contributed by atoms with van der Waals surface area (Å²) in [5.41, 5.74) is 1.72. The van der Waals surface area contributed by atoms with E-state index < -0.39 is 0 Å². The Morgan fingerprint density at radius 2 is 1.77 bits per heavy atom. The Morgan fingerprint density at radius 3 is 2.62 bits per heavy atom. The highest BCUT2D eigenvalue weighted by Gasteiger charge is 2.10. The van der Waals surface area contributed by atoms with Crippen molar-refractivity contribution in [2.24, 2.45) is 4.99 Å². The summed E-state index contributed by atoms with van der Waals surface area (Å²) in [7, 11) is 0. The fourth-order valence-corrected chi connectivity index (χ4v) is 3.38. The molecular formula is C20H14N2O3S. The molecule has 0 amide bonds. The van der Waals surface area contributed by atoms with Crippen molar-refractivity contribution in [2.45, 2.75) is 0 Å². The molecular weight excluding hydrogens is 348 g/mol. The third kappa shape index (κ3) is 2.98.